The van der Waals surface area contributed by atoms with Crippen LogP contribution < -0.4 is 5.73 Å². The Morgan fingerprint density at radius 3 is 2.69 bits per heavy atom. The Morgan fingerprint density at radius 2 is 1.91 bits per heavy atom. The maximum Gasteiger partial charge on any atom is 0.167 e. The summed E-state index contributed by atoms with van der Waals surface area (Å²) in [7, 11) is 0. The first-order valence-electron chi connectivity index (χ1n) is 11.6. The number of para-hydroxylation sites is 1. The van der Waals surface area contributed by atoms with Gasteiger partial charge in [-0.2, -0.15) is 0 Å². The maximum absolute atomic E-state index is 14.6. The normalized spacial score (nSPS) is 17.3. The topological polar surface area (TPSA) is 96.7 Å². The molecule has 1 saturated heterocycles. The number of fused-ring (bicyclic) bond motifs is 2. The minimum Gasteiger partial charge on any atom is -0.382 e. The minimum atomic E-state index is -0.348. The molecule has 0 bridgehead atoms. The Morgan fingerprint density at radius 1 is 1.09 bits per heavy atom. The molecule has 178 valence electrons. The quantitative estimate of drug-likeness (QED) is 0.326. The SMILES string of the molecule is C[C@@H](c1nc2ccc(F)c(Br)c2n1-c1ccccc1)c1nc2c(N)ncnc2n1C1CCCCO1. The molecule has 0 radical (unpaired) electrons. The van der Waals surface area contributed by atoms with Crippen molar-refractivity contribution in [2.75, 3.05) is 12.3 Å². The number of imidazole rings is 2. The van der Waals surface area contributed by atoms with Gasteiger partial charge in [0.05, 0.1) is 21.4 Å². The van der Waals surface area contributed by atoms with Gasteiger partial charge in [0, 0.05) is 12.3 Å². The van der Waals surface area contributed by atoms with Gasteiger partial charge in [-0.15, -0.1) is 0 Å². The molecule has 1 aliphatic heterocycles. The van der Waals surface area contributed by atoms with E-state index in [0.717, 1.165) is 36.6 Å². The van der Waals surface area contributed by atoms with Crippen molar-refractivity contribution >= 4 is 43.9 Å². The molecule has 10 heteroatoms. The first kappa shape index (κ1) is 22.1. The van der Waals surface area contributed by atoms with Crippen molar-refractivity contribution in [3.05, 3.63) is 70.7 Å². The van der Waals surface area contributed by atoms with Crippen LogP contribution in [0.4, 0.5) is 10.2 Å². The minimum absolute atomic E-state index is 0.209. The van der Waals surface area contributed by atoms with E-state index in [1.807, 2.05) is 46.4 Å². The zero-order valence-electron chi connectivity index (χ0n) is 19.0. The monoisotopic (exact) mass is 535 g/mol. The largest absolute Gasteiger partial charge is 0.382 e. The van der Waals surface area contributed by atoms with E-state index in [9.17, 15) is 4.39 Å². The number of benzene rings is 2. The van der Waals surface area contributed by atoms with E-state index < -0.39 is 0 Å². The van der Waals surface area contributed by atoms with Crippen LogP contribution in [0.1, 0.15) is 50.0 Å². The van der Waals surface area contributed by atoms with E-state index in [1.165, 1.54) is 12.4 Å². The van der Waals surface area contributed by atoms with E-state index >= 15 is 0 Å². The number of hydrogen-bond acceptors (Lipinski definition) is 6. The summed E-state index contributed by atoms with van der Waals surface area (Å²) >= 11 is 3.45. The smallest absolute Gasteiger partial charge is 0.167 e. The molecule has 2 N–H and O–H groups in total. The second kappa shape index (κ2) is 8.69. The van der Waals surface area contributed by atoms with Gasteiger partial charge in [0.2, 0.25) is 0 Å². The summed E-state index contributed by atoms with van der Waals surface area (Å²) in [4.78, 5) is 18.5. The molecule has 0 saturated carbocycles. The molecule has 4 heterocycles. The number of anilines is 1. The van der Waals surface area contributed by atoms with Crippen molar-refractivity contribution < 1.29 is 9.13 Å². The number of hydrogen-bond donors (Lipinski definition) is 1. The molecule has 1 unspecified atom stereocenters. The van der Waals surface area contributed by atoms with Gasteiger partial charge >= 0.3 is 0 Å². The van der Waals surface area contributed by atoms with Crippen molar-refractivity contribution in [3.8, 4) is 5.69 Å². The molecule has 5 aromatic rings. The summed E-state index contributed by atoms with van der Waals surface area (Å²) in [5.74, 6) is 1.12. The molecule has 8 nitrogen and oxygen atoms in total. The van der Waals surface area contributed by atoms with Crippen molar-refractivity contribution in [3.63, 3.8) is 0 Å². The number of nitrogen functional groups attached to an aromatic ring is 1. The Labute approximate surface area is 209 Å². The van der Waals surface area contributed by atoms with Crippen LogP contribution in [-0.4, -0.2) is 35.7 Å². The van der Waals surface area contributed by atoms with Gasteiger partial charge in [0.15, 0.2) is 17.0 Å². The van der Waals surface area contributed by atoms with Crippen molar-refractivity contribution in [1.29, 1.82) is 0 Å². The predicted octanol–water partition coefficient (Wildman–Crippen LogP) is 5.50. The Kier molecular flexibility index (Phi) is 5.49. The number of halogens is 2. The Balaban J connectivity index is 1.62. The zero-order valence-corrected chi connectivity index (χ0v) is 20.6. The van der Waals surface area contributed by atoms with Gasteiger partial charge < -0.3 is 10.5 Å². The third-order valence-electron chi connectivity index (χ3n) is 6.50. The number of nitrogens with zero attached hydrogens (tertiary/aromatic N) is 6. The van der Waals surface area contributed by atoms with Gasteiger partial charge in [0.25, 0.3) is 0 Å². The summed E-state index contributed by atoms with van der Waals surface area (Å²) in [5, 5.41) is 0. The first-order valence-corrected chi connectivity index (χ1v) is 12.4. The lowest BCUT2D eigenvalue weighted by atomic mass is 10.1. The number of ether oxygens (including phenoxy) is 1. The zero-order chi connectivity index (χ0) is 24.1. The van der Waals surface area contributed by atoms with Crippen LogP contribution in [-0.2, 0) is 4.74 Å². The standard InChI is InChI=1S/C25H23BrFN7O/c1-14(24-32-20-22(28)29-13-30-25(20)34(24)18-9-5-6-12-35-18)23-31-17-11-10-16(27)19(26)21(17)33(23)15-7-3-2-4-8-15/h2-4,7-8,10-11,13-14,18H,5-6,9,12H2,1H3,(H2,28,29,30)/t14-,18?/m0/s1. The second-order valence-corrected chi connectivity index (χ2v) is 9.48. The molecule has 2 aromatic carbocycles. The lowest BCUT2D eigenvalue weighted by Crippen LogP contribution is -2.22. The van der Waals surface area contributed by atoms with Crippen molar-refractivity contribution in [1.82, 2.24) is 29.1 Å². The van der Waals surface area contributed by atoms with Crippen LogP contribution >= 0.6 is 15.9 Å². The molecule has 1 aliphatic rings. The summed E-state index contributed by atoms with van der Waals surface area (Å²) in [6.45, 7) is 2.71. The van der Waals surface area contributed by atoms with E-state index in [2.05, 4.69) is 25.9 Å². The van der Waals surface area contributed by atoms with Crippen LogP contribution in [0, 0.1) is 5.82 Å². The van der Waals surface area contributed by atoms with Gasteiger partial charge in [-0.3, -0.25) is 9.13 Å². The number of nitrogens with two attached hydrogens (primary N) is 1. The van der Waals surface area contributed by atoms with Crippen molar-refractivity contribution in [2.24, 2.45) is 0 Å². The Hall–Kier alpha value is -3.37. The first-order chi connectivity index (χ1) is 17.0. The maximum atomic E-state index is 14.6. The van der Waals surface area contributed by atoms with E-state index in [0.29, 0.717) is 39.1 Å². The molecule has 0 amide bonds. The number of rotatable bonds is 4. The molecule has 3 aromatic heterocycles. The van der Waals surface area contributed by atoms with Crippen molar-refractivity contribution in [2.45, 2.75) is 38.3 Å². The Bertz CT molecular complexity index is 1540. The third kappa shape index (κ3) is 3.59. The van der Waals surface area contributed by atoms with E-state index in [1.54, 1.807) is 6.07 Å². The van der Waals surface area contributed by atoms with Gasteiger partial charge in [-0.1, -0.05) is 18.2 Å². The molecule has 6 rings (SSSR count). The molecule has 2 atom stereocenters. The fraction of sp³-hybridized carbons (Fsp3) is 0.280. The van der Waals surface area contributed by atoms with Gasteiger partial charge in [0.1, 0.15) is 30.0 Å². The second-order valence-electron chi connectivity index (χ2n) is 8.68. The van der Waals surface area contributed by atoms with Crippen LogP contribution in [0.15, 0.2) is 53.3 Å². The number of aromatic nitrogens is 6. The lowest BCUT2D eigenvalue weighted by molar-refractivity contribution is -0.0316. The lowest BCUT2D eigenvalue weighted by Gasteiger charge is -2.27. The third-order valence-corrected chi connectivity index (χ3v) is 7.26. The van der Waals surface area contributed by atoms with Gasteiger partial charge in [-0.25, -0.2) is 24.3 Å². The molecule has 1 fully saturated rings. The highest BCUT2D eigenvalue weighted by molar-refractivity contribution is 9.10. The average Bonchev–Trinajstić information content (AvgIpc) is 3.47. The molecular weight excluding hydrogens is 513 g/mol. The summed E-state index contributed by atoms with van der Waals surface area (Å²) in [6, 6.07) is 12.9. The van der Waals surface area contributed by atoms with E-state index in [-0.39, 0.29) is 18.0 Å². The van der Waals surface area contributed by atoms with Crippen LogP contribution in [0.2, 0.25) is 0 Å². The predicted molar refractivity (Wildman–Crippen MR) is 135 cm³/mol. The molecular formula is C25H23BrFN7O. The van der Waals surface area contributed by atoms with Crippen LogP contribution in [0.3, 0.4) is 0 Å². The highest BCUT2D eigenvalue weighted by atomic mass is 79.9. The molecule has 0 spiro atoms. The summed E-state index contributed by atoms with van der Waals surface area (Å²) < 4.78 is 25.1. The fourth-order valence-corrected chi connectivity index (χ4v) is 5.34. The fourth-order valence-electron chi connectivity index (χ4n) is 4.82. The highest BCUT2D eigenvalue weighted by Gasteiger charge is 2.30. The van der Waals surface area contributed by atoms with Gasteiger partial charge in [-0.05, 0) is 66.4 Å². The summed E-state index contributed by atoms with van der Waals surface area (Å²) in [5.41, 5.74) is 9.58. The van der Waals surface area contributed by atoms with Crippen LogP contribution in [0.25, 0.3) is 27.9 Å². The molecule has 0 aliphatic carbocycles. The summed E-state index contributed by atoms with van der Waals surface area (Å²) in [6.07, 6.45) is 4.16. The molecule has 35 heavy (non-hydrogen) atoms. The van der Waals surface area contributed by atoms with Crippen LogP contribution in [0.5, 0.6) is 0 Å². The average molecular weight is 536 g/mol. The van der Waals surface area contributed by atoms with E-state index in [4.69, 9.17) is 20.4 Å². The highest BCUT2D eigenvalue weighted by Crippen LogP contribution is 2.37.